The summed E-state index contributed by atoms with van der Waals surface area (Å²) in [5.41, 5.74) is 5.12. The molecule has 0 aliphatic carbocycles. The van der Waals surface area contributed by atoms with Gasteiger partial charge in [-0.2, -0.15) is 0 Å². The summed E-state index contributed by atoms with van der Waals surface area (Å²) in [5, 5.41) is 10.3. The third-order valence-corrected chi connectivity index (χ3v) is 2.13. The van der Waals surface area contributed by atoms with Gasteiger partial charge < -0.3 is 10.3 Å². The third-order valence-electron chi connectivity index (χ3n) is 1.40. The molecule has 0 aromatic heterocycles. The second kappa shape index (κ2) is 3.50. The third kappa shape index (κ3) is 2.01. The van der Waals surface area contributed by atoms with Crippen molar-refractivity contribution in [1.29, 1.82) is 0 Å². The van der Waals surface area contributed by atoms with Gasteiger partial charge in [-0.15, -0.1) is 0 Å². The summed E-state index contributed by atoms with van der Waals surface area (Å²) >= 11 is -2.30. The summed E-state index contributed by atoms with van der Waals surface area (Å²) in [7, 11) is 0. The zero-order valence-electron chi connectivity index (χ0n) is 6.34. The number of non-ortho nitro benzene ring substituents is 1. The second-order valence-corrected chi connectivity index (χ2v) is 3.17. The van der Waals surface area contributed by atoms with E-state index in [1.165, 1.54) is 12.1 Å². The molecule has 0 radical (unpaired) electrons. The van der Waals surface area contributed by atoms with Crippen molar-refractivity contribution in [3.8, 4) is 0 Å². The van der Waals surface area contributed by atoms with Gasteiger partial charge in [0.25, 0.3) is 5.69 Å². The fraction of sp³-hybridized carbons (Fsp3) is 0. The monoisotopic (exact) mass is 202 g/mol. The predicted molar refractivity (Wildman–Crippen MR) is 46.5 cm³/mol. The fourth-order valence-electron chi connectivity index (χ4n) is 0.788. The van der Waals surface area contributed by atoms with Crippen molar-refractivity contribution >= 4 is 22.5 Å². The van der Waals surface area contributed by atoms with Gasteiger partial charge in [0.15, 0.2) is 11.1 Å². The van der Waals surface area contributed by atoms with E-state index in [-0.39, 0.29) is 16.3 Å². The molecule has 0 bridgehead atoms. The van der Waals surface area contributed by atoms with Crippen LogP contribution >= 0.6 is 0 Å². The number of nitrogens with two attached hydrogens (primary N) is 1. The Morgan fingerprint density at radius 2 is 2.15 bits per heavy atom. The van der Waals surface area contributed by atoms with Gasteiger partial charge >= 0.3 is 0 Å². The number of anilines is 1. The SMILES string of the molecule is Nc1ccc([N+](=O)[O-])cc1S(=O)O. The van der Waals surface area contributed by atoms with Crippen molar-refractivity contribution in [1.82, 2.24) is 0 Å². The topological polar surface area (TPSA) is 106 Å². The van der Waals surface area contributed by atoms with E-state index in [0.717, 1.165) is 6.07 Å². The maximum absolute atomic E-state index is 10.6. The normalized spacial score (nSPS) is 12.4. The molecule has 0 aliphatic heterocycles. The lowest BCUT2D eigenvalue weighted by Crippen LogP contribution is -1.98. The summed E-state index contributed by atoms with van der Waals surface area (Å²) in [6.07, 6.45) is 0. The number of hydrogen-bond acceptors (Lipinski definition) is 4. The molecule has 0 heterocycles. The van der Waals surface area contributed by atoms with Crippen molar-refractivity contribution in [3.63, 3.8) is 0 Å². The molecular weight excluding hydrogens is 196 g/mol. The van der Waals surface area contributed by atoms with Crippen LogP contribution in [0, 0.1) is 10.1 Å². The zero-order valence-corrected chi connectivity index (χ0v) is 7.15. The first kappa shape index (κ1) is 9.62. The highest BCUT2D eigenvalue weighted by atomic mass is 32.2. The molecule has 1 rings (SSSR count). The van der Waals surface area contributed by atoms with Gasteiger partial charge in [-0.3, -0.25) is 10.1 Å². The van der Waals surface area contributed by atoms with Crippen LogP contribution < -0.4 is 5.73 Å². The summed E-state index contributed by atoms with van der Waals surface area (Å²) in [6, 6.07) is 3.37. The Labute approximate surface area is 75.8 Å². The second-order valence-electron chi connectivity index (χ2n) is 2.23. The molecular formula is C6H6N2O4S. The molecule has 1 unspecified atom stereocenters. The molecule has 1 aromatic carbocycles. The van der Waals surface area contributed by atoms with E-state index in [0.29, 0.717) is 0 Å². The van der Waals surface area contributed by atoms with Crippen LogP contribution in [0.5, 0.6) is 0 Å². The van der Waals surface area contributed by atoms with E-state index in [2.05, 4.69) is 0 Å². The summed E-state index contributed by atoms with van der Waals surface area (Å²) in [4.78, 5) is 9.47. The van der Waals surface area contributed by atoms with Gasteiger partial charge in [0.05, 0.1) is 15.5 Å². The van der Waals surface area contributed by atoms with E-state index in [9.17, 15) is 14.3 Å². The van der Waals surface area contributed by atoms with E-state index in [4.69, 9.17) is 10.3 Å². The molecule has 70 valence electrons. The number of benzene rings is 1. The Hall–Kier alpha value is -1.47. The van der Waals surface area contributed by atoms with Crippen molar-refractivity contribution in [2.24, 2.45) is 0 Å². The maximum Gasteiger partial charge on any atom is 0.270 e. The van der Waals surface area contributed by atoms with Crippen LogP contribution in [-0.4, -0.2) is 13.7 Å². The van der Waals surface area contributed by atoms with Gasteiger partial charge in [-0.25, -0.2) is 4.21 Å². The minimum Gasteiger partial charge on any atom is -0.398 e. The average Bonchev–Trinajstić information content (AvgIpc) is 2.04. The van der Waals surface area contributed by atoms with E-state index < -0.39 is 16.0 Å². The highest BCUT2D eigenvalue weighted by Crippen LogP contribution is 2.21. The molecule has 0 fully saturated rings. The Kier molecular flexibility index (Phi) is 2.59. The number of rotatable bonds is 2. The van der Waals surface area contributed by atoms with Crippen LogP contribution in [0.3, 0.4) is 0 Å². The Morgan fingerprint density at radius 1 is 1.54 bits per heavy atom. The molecule has 7 heteroatoms. The summed E-state index contributed by atoms with van der Waals surface area (Å²) in [5.74, 6) is 0. The average molecular weight is 202 g/mol. The van der Waals surface area contributed by atoms with E-state index >= 15 is 0 Å². The molecule has 0 aliphatic rings. The van der Waals surface area contributed by atoms with Crippen LogP contribution in [0.2, 0.25) is 0 Å². The summed E-state index contributed by atoms with van der Waals surface area (Å²) < 4.78 is 19.3. The lowest BCUT2D eigenvalue weighted by Gasteiger charge is -1.99. The highest BCUT2D eigenvalue weighted by Gasteiger charge is 2.12. The molecule has 0 saturated heterocycles. The van der Waals surface area contributed by atoms with Crippen molar-refractivity contribution in [2.45, 2.75) is 4.90 Å². The van der Waals surface area contributed by atoms with Crippen molar-refractivity contribution in [3.05, 3.63) is 28.3 Å². The lowest BCUT2D eigenvalue weighted by molar-refractivity contribution is -0.385. The van der Waals surface area contributed by atoms with Gasteiger partial charge in [0, 0.05) is 12.1 Å². The first-order valence-corrected chi connectivity index (χ1v) is 4.28. The molecule has 0 amide bonds. The molecule has 6 nitrogen and oxygen atoms in total. The van der Waals surface area contributed by atoms with Gasteiger partial charge in [-0.1, -0.05) is 0 Å². The summed E-state index contributed by atoms with van der Waals surface area (Å²) in [6.45, 7) is 0. The van der Waals surface area contributed by atoms with Crippen LogP contribution in [0.15, 0.2) is 23.1 Å². The number of hydrogen-bond donors (Lipinski definition) is 2. The Balaban J connectivity index is 3.27. The molecule has 0 spiro atoms. The van der Waals surface area contributed by atoms with Crippen molar-refractivity contribution in [2.75, 3.05) is 5.73 Å². The first-order chi connectivity index (χ1) is 6.02. The first-order valence-electron chi connectivity index (χ1n) is 3.17. The highest BCUT2D eigenvalue weighted by molar-refractivity contribution is 7.79. The van der Waals surface area contributed by atoms with Crippen LogP contribution in [0.1, 0.15) is 0 Å². The quantitative estimate of drug-likeness (QED) is 0.318. The van der Waals surface area contributed by atoms with Crippen LogP contribution in [-0.2, 0) is 11.1 Å². The minimum absolute atomic E-state index is 0.0615. The molecule has 1 atom stereocenters. The molecule has 1 aromatic rings. The largest absolute Gasteiger partial charge is 0.398 e. The van der Waals surface area contributed by atoms with Gasteiger partial charge in [-0.05, 0) is 6.07 Å². The maximum atomic E-state index is 10.6. The minimum atomic E-state index is -2.30. The Morgan fingerprint density at radius 3 is 2.62 bits per heavy atom. The van der Waals surface area contributed by atoms with Gasteiger partial charge in [0.2, 0.25) is 0 Å². The Bertz CT molecular complexity index is 379. The number of nitro benzene ring substituents is 1. The number of nitrogens with zero attached hydrogens (tertiary/aromatic N) is 1. The van der Waals surface area contributed by atoms with E-state index in [1.54, 1.807) is 0 Å². The fourth-order valence-corrected chi connectivity index (χ4v) is 1.28. The predicted octanol–water partition coefficient (Wildman–Crippen LogP) is 0.758. The smallest absolute Gasteiger partial charge is 0.270 e. The molecule has 13 heavy (non-hydrogen) atoms. The number of nitro groups is 1. The van der Waals surface area contributed by atoms with Crippen LogP contribution in [0.4, 0.5) is 11.4 Å². The van der Waals surface area contributed by atoms with E-state index in [1.807, 2.05) is 0 Å². The van der Waals surface area contributed by atoms with Crippen molar-refractivity contribution < 1.29 is 13.7 Å². The van der Waals surface area contributed by atoms with Crippen LogP contribution in [0.25, 0.3) is 0 Å². The molecule has 0 saturated carbocycles. The van der Waals surface area contributed by atoms with Gasteiger partial charge in [0.1, 0.15) is 0 Å². The zero-order chi connectivity index (χ0) is 10.0. The molecule has 3 N–H and O–H groups in total. The number of nitrogen functional groups attached to an aromatic ring is 1. The lowest BCUT2D eigenvalue weighted by atomic mass is 10.3. The standard InChI is InChI=1S/C6H6N2O4S/c7-5-2-1-4(8(9)10)3-6(5)13(11)12/h1-3H,7H2,(H,11,12).